The van der Waals surface area contributed by atoms with Gasteiger partial charge in [-0.15, -0.1) is 11.3 Å². The smallest absolute Gasteiger partial charge is 0.270 e. The summed E-state index contributed by atoms with van der Waals surface area (Å²) >= 11 is 1.31. The molecule has 0 aliphatic carbocycles. The molecule has 0 atom stereocenters. The Morgan fingerprint density at radius 1 is 0.971 bits per heavy atom. The molecule has 0 spiro atoms. The molecule has 0 aliphatic heterocycles. The maximum Gasteiger partial charge on any atom is 0.270 e. The lowest BCUT2D eigenvalue weighted by Crippen LogP contribution is -2.26. The molecular weight excluding hydrogens is 442 g/mol. The minimum Gasteiger partial charge on any atom is -0.320 e. The number of nitrogens with one attached hydrogen (secondary N) is 1. The lowest BCUT2D eigenvalue weighted by Gasteiger charge is -2.19. The molecule has 4 aromatic rings. The topological polar surface area (TPSA) is 62.3 Å². The van der Waals surface area contributed by atoms with Gasteiger partial charge >= 0.3 is 0 Å². The fourth-order valence-electron chi connectivity index (χ4n) is 3.94. The van der Waals surface area contributed by atoms with Crippen LogP contribution in [0.15, 0.2) is 60.7 Å². The normalized spacial score (nSPS) is 11.5. The van der Waals surface area contributed by atoms with Gasteiger partial charge in [0, 0.05) is 29.4 Å². The number of hydrogen-bond donors (Lipinski definition) is 1. The number of pyridine rings is 1. The van der Waals surface area contributed by atoms with Crippen LogP contribution in [0.2, 0.25) is 0 Å². The molecule has 4 rings (SSSR count). The van der Waals surface area contributed by atoms with Crippen molar-refractivity contribution in [2.75, 3.05) is 17.3 Å². The first-order valence-corrected chi connectivity index (χ1v) is 12.0. The number of carbonyl (C=O) groups excluding carboxylic acids is 2. The summed E-state index contributed by atoms with van der Waals surface area (Å²) in [6.07, 6.45) is 0. The summed E-state index contributed by atoms with van der Waals surface area (Å²) in [6.45, 7) is 10.3. The van der Waals surface area contributed by atoms with Crippen LogP contribution in [0.1, 0.15) is 57.6 Å². The number of rotatable bonds is 4. The van der Waals surface area contributed by atoms with Crippen molar-refractivity contribution in [3.05, 3.63) is 87.9 Å². The summed E-state index contributed by atoms with van der Waals surface area (Å²) in [5.74, 6) is -0.443. The average Bonchev–Trinajstić information content (AvgIpc) is 3.16. The molecule has 34 heavy (non-hydrogen) atoms. The molecule has 0 bridgehead atoms. The Bertz CT molecular complexity index is 1370. The molecule has 5 nitrogen and oxygen atoms in total. The largest absolute Gasteiger partial charge is 0.320 e. The SMILES string of the molecule is Cc1cc(C)c2c(NC(=O)c3ccc(C(C)(C)C)cc3)c(C(=O)N(C)c3ccccc3)sc2n1. The van der Waals surface area contributed by atoms with E-state index in [1.165, 1.54) is 11.3 Å². The molecule has 0 aliphatic rings. The van der Waals surface area contributed by atoms with E-state index < -0.39 is 0 Å². The zero-order valence-corrected chi connectivity index (χ0v) is 21.2. The number of hydrogen-bond acceptors (Lipinski definition) is 4. The van der Waals surface area contributed by atoms with Gasteiger partial charge in [-0.25, -0.2) is 4.98 Å². The quantitative estimate of drug-likeness (QED) is 0.358. The molecule has 1 N–H and O–H groups in total. The zero-order chi connectivity index (χ0) is 24.6. The predicted octanol–water partition coefficient (Wildman–Crippen LogP) is 6.74. The van der Waals surface area contributed by atoms with Crippen molar-refractivity contribution < 1.29 is 9.59 Å². The summed E-state index contributed by atoms with van der Waals surface area (Å²) in [5.41, 5.74) is 4.83. The van der Waals surface area contributed by atoms with E-state index >= 15 is 0 Å². The van der Waals surface area contributed by atoms with Crippen LogP contribution in [0.4, 0.5) is 11.4 Å². The Morgan fingerprint density at radius 2 is 1.62 bits per heavy atom. The van der Waals surface area contributed by atoms with E-state index in [1.807, 2.05) is 74.5 Å². The number of thiophene rings is 1. The van der Waals surface area contributed by atoms with Crippen LogP contribution in [-0.2, 0) is 5.41 Å². The van der Waals surface area contributed by atoms with Gasteiger partial charge in [0.2, 0.25) is 0 Å². The van der Waals surface area contributed by atoms with Crippen LogP contribution in [0.5, 0.6) is 0 Å². The Kier molecular flexibility index (Phi) is 6.28. The highest BCUT2D eigenvalue weighted by atomic mass is 32.1. The van der Waals surface area contributed by atoms with E-state index in [-0.39, 0.29) is 17.2 Å². The Hall–Kier alpha value is -3.51. The minimum atomic E-state index is -0.253. The van der Waals surface area contributed by atoms with Crippen molar-refractivity contribution in [1.29, 1.82) is 0 Å². The summed E-state index contributed by atoms with van der Waals surface area (Å²) in [4.78, 5) is 34.3. The molecule has 6 heteroatoms. The van der Waals surface area contributed by atoms with E-state index in [0.717, 1.165) is 32.7 Å². The van der Waals surface area contributed by atoms with Crippen molar-refractivity contribution in [3.63, 3.8) is 0 Å². The molecule has 0 fully saturated rings. The van der Waals surface area contributed by atoms with E-state index in [0.29, 0.717) is 16.1 Å². The Labute approximate surface area is 204 Å². The Morgan fingerprint density at radius 3 is 2.24 bits per heavy atom. The van der Waals surface area contributed by atoms with Crippen LogP contribution in [0.25, 0.3) is 10.2 Å². The van der Waals surface area contributed by atoms with E-state index in [4.69, 9.17) is 0 Å². The second-order valence-corrected chi connectivity index (χ2v) is 10.5. The fourth-order valence-corrected chi connectivity index (χ4v) is 5.17. The van der Waals surface area contributed by atoms with Crippen molar-refractivity contribution >= 4 is 44.7 Å². The molecule has 0 saturated heterocycles. The summed E-state index contributed by atoms with van der Waals surface area (Å²) in [5, 5.41) is 3.85. The average molecular weight is 472 g/mol. The summed E-state index contributed by atoms with van der Waals surface area (Å²) in [7, 11) is 1.74. The van der Waals surface area contributed by atoms with E-state index in [1.54, 1.807) is 11.9 Å². The second-order valence-electron chi connectivity index (χ2n) is 9.55. The van der Waals surface area contributed by atoms with Gasteiger partial charge in [0.25, 0.3) is 11.8 Å². The van der Waals surface area contributed by atoms with Gasteiger partial charge in [0.05, 0.1) is 5.69 Å². The fraction of sp³-hybridized carbons (Fsp3) is 0.250. The summed E-state index contributed by atoms with van der Waals surface area (Å²) in [6, 6.07) is 19.0. The van der Waals surface area contributed by atoms with Gasteiger partial charge in [-0.3, -0.25) is 9.59 Å². The molecule has 2 aromatic carbocycles. The molecular formula is C28H29N3O2S. The number of para-hydroxylation sites is 1. The van der Waals surface area contributed by atoms with Crippen molar-refractivity contribution in [3.8, 4) is 0 Å². The van der Waals surface area contributed by atoms with Gasteiger partial charge < -0.3 is 10.2 Å². The highest BCUT2D eigenvalue weighted by Crippen LogP contribution is 2.38. The third-order valence-corrected chi connectivity index (χ3v) is 6.95. The van der Waals surface area contributed by atoms with Crippen LogP contribution in [0, 0.1) is 13.8 Å². The van der Waals surface area contributed by atoms with Crippen molar-refractivity contribution in [2.24, 2.45) is 0 Å². The van der Waals surface area contributed by atoms with Crippen LogP contribution < -0.4 is 10.2 Å². The molecule has 174 valence electrons. The van der Waals surface area contributed by atoms with E-state index in [9.17, 15) is 9.59 Å². The van der Waals surface area contributed by atoms with E-state index in [2.05, 4.69) is 31.1 Å². The molecule has 2 amide bonds. The van der Waals surface area contributed by atoms with Crippen molar-refractivity contribution in [2.45, 2.75) is 40.0 Å². The van der Waals surface area contributed by atoms with Crippen LogP contribution in [-0.4, -0.2) is 23.8 Å². The van der Waals surface area contributed by atoms with Gasteiger partial charge in [-0.05, 0) is 60.7 Å². The number of carbonyl (C=O) groups is 2. The maximum absolute atomic E-state index is 13.6. The monoisotopic (exact) mass is 471 g/mol. The Balaban J connectivity index is 1.76. The number of benzene rings is 2. The number of nitrogens with zero attached hydrogens (tertiary/aromatic N) is 2. The molecule has 0 radical (unpaired) electrons. The summed E-state index contributed by atoms with van der Waals surface area (Å²) < 4.78 is 0. The number of aryl methyl sites for hydroxylation is 2. The van der Waals surface area contributed by atoms with Gasteiger partial charge in [-0.1, -0.05) is 51.1 Å². The van der Waals surface area contributed by atoms with Gasteiger partial charge in [0.15, 0.2) is 0 Å². The number of amides is 2. The predicted molar refractivity (Wildman–Crippen MR) is 141 cm³/mol. The first kappa shape index (κ1) is 23.6. The first-order chi connectivity index (χ1) is 16.1. The molecule has 0 unspecified atom stereocenters. The highest BCUT2D eigenvalue weighted by Gasteiger charge is 2.26. The number of aromatic nitrogens is 1. The molecule has 0 saturated carbocycles. The lowest BCUT2D eigenvalue weighted by atomic mass is 9.87. The lowest BCUT2D eigenvalue weighted by molar-refractivity contribution is 0.0997. The molecule has 2 heterocycles. The first-order valence-electron chi connectivity index (χ1n) is 11.2. The third kappa shape index (κ3) is 4.59. The molecule has 2 aromatic heterocycles. The van der Waals surface area contributed by atoms with Crippen LogP contribution >= 0.6 is 11.3 Å². The zero-order valence-electron chi connectivity index (χ0n) is 20.4. The number of anilines is 2. The van der Waals surface area contributed by atoms with Crippen molar-refractivity contribution in [1.82, 2.24) is 4.98 Å². The van der Waals surface area contributed by atoms with Gasteiger partial charge in [-0.2, -0.15) is 0 Å². The highest BCUT2D eigenvalue weighted by molar-refractivity contribution is 7.21. The second kappa shape index (κ2) is 9.03. The van der Waals surface area contributed by atoms with Crippen LogP contribution in [0.3, 0.4) is 0 Å². The van der Waals surface area contributed by atoms with Gasteiger partial charge in [0.1, 0.15) is 9.71 Å². The minimum absolute atomic E-state index is 0.000813. The number of fused-ring (bicyclic) bond motifs is 1. The standard InChI is InChI=1S/C28H29N3O2S/c1-17-16-18(2)29-26-22(17)23(24(34-26)27(33)31(6)21-10-8-7-9-11-21)30-25(32)19-12-14-20(15-13-19)28(3,4)5/h7-16H,1-6H3,(H,30,32). The maximum atomic E-state index is 13.6. The third-order valence-electron chi connectivity index (χ3n) is 5.88.